The Morgan fingerprint density at radius 2 is 2.00 bits per heavy atom. The first-order chi connectivity index (χ1) is 13.2. The predicted octanol–water partition coefficient (Wildman–Crippen LogP) is 4.14. The van der Waals surface area contributed by atoms with Crippen LogP contribution in [0.15, 0.2) is 53.7 Å². The molecule has 0 bridgehead atoms. The van der Waals surface area contributed by atoms with Crippen molar-refractivity contribution in [2.75, 3.05) is 12.3 Å². The van der Waals surface area contributed by atoms with Gasteiger partial charge in [-0.15, -0.1) is 17.5 Å². The van der Waals surface area contributed by atoms with E-state index < -0.39 is 0 Å². The summed E-state index contributed by atoms with van der Waals surface area (Å²) in [6.45, 7) is 2.14. The van der Waals surface area contributed by atoms with Crippen LogP contribution in [-0.2, 0) is 20.2 Å². The number of hydrogen-bond acceptors (Lipinski definition) is 6. The van der Waals surface area contributed by atoms with Crippen molar-refractivity contribution in [3.8, 4) is 5.75 Å². The van der Waals surface area contributed by atoms with Crippen molar-refractivity contribution in [3.05, 3.63) is 64.7 Å². The van der Waals surface area contributed by atoms with E-state index in [2.05, 4.69) is 33.0 Å². The predicted molar refractivity (Wildman–Crippen MR) is 115 cm³/mol. The van der Waals surface area contributed by atoms with Crippen LogP contribution in [0.25, 0.3) is 0 Å². The van der Waals surface area contributed by atoms with E-state index in [4.69, 9.17) is 16.3 Å². The molecule has 0 atom stereocenters. The molecular weight excluding hydrogens is 417 g/mol. The second kappa shape index (κ2) is 11.9. The smallest absolute Gasteiger partial charge is 0.209 e. The number of ether oxygens (including phenoxy) is 1. The van der Waals surface area contributed by atoms with Crippen LogP contribution in [-0.4, -0.2) is 32.5 Å². The van der Waals surface area contributed by atoms with Crippen molar-refractivity contribution < 1.29 is 4.74 Å². The van der Waals surface area contributed by atoms with Gasteiger partial charge in [0.25, 0.3) is 0 Å². The van der Waals surface area contributed by atoms with E-state index in [1.54, 1.807) is 16.4 Å². The highest BCUT2D eigenvalue weighted by atomic mass is 35.5. The zero-order chi connectivity index (χ0) is 18.9. The Labute approximate surface area is 180 Å². The molecule has 6 nitrogen and oxygen atoms in total. The highest BCUT2D eigenvalue weighted by Crippen LogP contribution is 2.24. The lowest BCUT2D eigenvalue weighted by Crippen LogP contribution is -2.16. The number of halogens is 2. The monoisotopic (exact) mass is 439 g/mol. The van der Waals surface area contributed by atoms with Crippen molar-refractivity contribution in [1.82, 2.24) is 25.5 Å². The summed E-state index contributed by atoms with van der Waals surface area (Å²) in [5.41, 5.74) is 2.20. The van der Waals surface area contributed by atoms with E-state index in [0.29, 0.717) is 18.2 Å². The van der Waals surface area contributed by atoms with Crippen molar-refractivity contribution in [3.63, 3.8) is 0 Å². The van der Waals surface area contributed by atoms with Crippen LogP contribution in [0.4, 0.5) is 0 Å². The lowest BCUT2D eigenvalue weighted by atomic mass is 10.2. The van der Waals surface area contributed by atoms with E-state index in [9.17, 15) is 0 Å². The normalized spacial score (nSPS) is 10.5. The summed E-state index contributed by atoms with van der Waals surface area (Å²) in [5, 5.41) is 16.4. The van der Waals surface area contributed by atoms with E-state index in [1.165, 1.54) is 0 Å². The quantitative estimate of drug-likeness (QED) is 0.378. The van der Waals surface area contributed by atoms with Crippen LogP contribution in [0.3, 0.4) is 0 Å². The van der Waals surface area contributed by atoms with Crippen molar-refractivity contribution in [2.24, 2.45) is 7.05 Å². The van der Waals surface area contributed by atoms with E-state index >= 15 is 0 Å². The lowest BCUT2D eigenvalue weighted by Gasteiger charge is -2.13. The first-order valence-electron chi connectivity index (χ1n) is 8.73. The second-order valence-corrected chi connectivity index (χ2v) is 7.49. The number of tetrazole rings is 1. The van der Waals surface area contributed by atoms with Gasteiger partial charge >= 0.3 is 0 Å². The number of hydrogen-bond donors (Lipinski definition) is 1. The average molecular weight is 440 g/mol. The Kier molecular flexibility index (Phi) is 9.57. The summed E-state index contributed by atoms with van der Waals surface area (Å²) in [7, 11) is 1.84. The first kappa shape index (κ1) is 22.5. The van der Waals surface area contributed by atoms with Gasteiger partial charge in [-0.25, -0.2) is 4.68 Å². The molecule has 0 unspecified atom stereocenters. The molecule has 0 radical (unpaired) electrons. The summed E-state index contributed by atoms with van der Waals surface area (Å²) in [6, 6.07) is 15.9. The topological polar surface area (TPSA) is 64.9 Å². The Bertz CT molecular complexity index is 847. The molecule has 3 rings (SSSR count). The minimum Gasteiger partial charge on any atom is -0.489 e. The molecule has 0 spiro atoms. The van der Waals surface area contributed by atoms with Gasteiger partial charge in [0.05, 0.1) is 0 Å². The molecule has 0 aliphatic heterocycles. The number of nitrogens with one attached hydrogen (secondary N) is 1. The van der Waals surface area contributed by atoms with Gasteiger partial charge in [0.15, 0.2) is 0 Å². The van der Waals surface area contributed by atoms with Crippen LogP contribution in [0, 0.1) is 0 Å². The minimum atomic E-state index is 0. The number of rotatable bonds is 10. The van der Waals surface area contributed by atoms with Gasteiger partial charge in [-0.1, -0.05) is 53.7 Å². The molecule has 1 aromatic heterocycles. The third-order valence-corrected chi connectivity index (χ3v) is 5.22. The van der Waals surface area contributed by atoms with Gasteiger partial charge in [0.2, 0.25) is 5.16 Å². The van der Waals surface area contributed by atoms with Crippen molar-refractivity contribution in [1.29, 1.82) is 0 Å². The highest BCUT2D eigenvalue weighted by molar-refractivity contribution is 7.99. The van der Waals surface area contributed by atoms with Crippen molar-refractivity contribution in [2.45, 2.75) is 24.7 Å². The molecule has 0 fully saturated rings. The number of benzene rings is 2. The molecule has 0 saturated heterocycles. The number of aryl methyl sites for hydroxylation is 1. The SMILES string of the molecule is Cl.Cn1nnnc1SCCCNCc1cc(Cl)ccc1OCc1ccccc1. The summed E-state index contributed by atoms with van der Waals surface area (Å²) < 4.78 is 7.67. The van der Waals surface area contributed by atoms with E-state index in [-0.39, 0.29) is 12.4 Å². The van der Waals surface area contributed by atoms with Gasteiger partial charge in [-0.2, -0.15) is 0 Å². The maximum atomic E-state index is 6.16. The maximum Gasteiger partial charge on any atom is 0.209 e. The summed E-state index contributed by atoms with van der Waals surface area (Å²) in [5.74, 6) is 1.81. The first-order valence-corrected chi connectivity index (χ1v) is 10.1. The molecule has 0 saturated carbocycles. The molecule has 28 heavy (non-hydrogen) atoms. The van der Waals surface area contributed by atoms with Gasteiger partial charge in [0, 0.05) is 29.9 Å². The zero-order valence-corrected chi connectivity index (χ0v) is 17.9. The summed E-state index contributed by atoms with van der Waals surface area (Å²) in [4.78, 5) is 0. The Hall–Kier alpha value is -1.80. The van der Waals surface area contributed by atoms with Crippen LogP contribution in [0.5, 0.6) is 5.75 Å². The number of nitrogens with zero attached hydrogens (tertiary/aromatic N) is 4. The molecule has 2 aromatic carbocycles. The average Bonchev–Trinajstić information content (AvgIpc) is 3.09. The van der Waals surface area contributed by atoms with Gasteiger partial charge in [-0.05, 0) is 47.2 Å². The molecule has 1 N–H and O–H groups in total. The molecule has 150 valence electrons. The van der Waals surface area contributed by atoms with Gasteiger partial charge in [-0.3, -0.25) is 0 Å². The Morgan fingerprint density at radius 1 is 1.18 bits per heavy atom. The molecule has 3 aromatic rings. The molecule has 9 heteroatoms. The van der Waals surface area contributed by atoms with Crippen LogP contribution in [0.2, 0.25) is 5.02 Å². The minimum absolute atomic E-state index is 0. The summed E-state index contributed by atoms with van der Waals surface area (Å²) in [6.07, 6.45) is 1.01. The molecule has 1 heterocycles. The van der Waals surface area contributed by atoms with Crippen molar-refractivity contribution >= 4 is 35.8 Å². The Balaban J connectivity index is 0.00000280. The fraction of sp³-hybridized carbons (Fsp3) is 0.316. The lowest BCUT2D eigenvalue weighted by molar-refractivity contribution is 0.302. The van der Waals surface area contributed by atoms with Crippen LogP contribution in [0.1, 0.15) is 17.5 Å². The molecule has 0 amide bonds. The van der Waals surface area contributed by atoms with Crippen LogP contribution < -0.4 is 10.1 Å². The number of aromatic nitrogens is 4. The summed E-state index contributed by atoms with van der Waals surface area (Å²) >= 11 is 7.81. The maximum absolute atomic E-state index is 6.16. The molecule has 0 aliphatic carbocycles. The third kappa shape index (κ3) is 6.98. The largest absolute Gasteiger partial charge is 0.489 e. The zero-order valence-electron chi connectivity index (χ0n) is 15.5. The van der Waals surface area contributed by atoms with Gasteiger partial charge < -0.3 is 10.1 Å². The van der Waals surface area contributed by atoms with E-state index in [1.807, 2.05) is 43.4 Å². The third-order valence-electron chi connectivity index (χ3n) is 3.89. The number of thioether (sulfide) groups is 1. The standard InChI is InChI=1S/C19H22ClN5OS.ClH/c1-25-19(22-23-24-25)27-11-5-10-21-13-16-12-17(20)8-9-18(16)26-14-15-6-3-2-4-7-15;/h2-4,6-9,12,21H,5,10-11,13-14H2,1H3;1H. The molecule has 0 aliphatic rings. The molecular formula is C19H23Cl2N5OS. The Morgan fingerprint density at radius 3 is 2.75 bits per heavy atom. The van der Waals surface area contributed by atoms with E-state index in [0.717, 1.165) is 40.8 Å². The fourth-order valence-electron chi connectivity index (χ4n) is 2.49. The van der Waals surface area contributed by atoms with Gasteiger partial charge in [0.1, 0.15) is 12.4 Å². The fourth-order valence-corrected chi connectivity index (χ4v) is 3.47. The second-order valence-electron chi connectivity index (χ2n) is 5.99. The van der Waals surface area contributed by atoms with Crippen LogP contribution >= 0.6 is 35.8 Å². The highest BCUT2D eigenvalue weighted by Gasteiger charge is 2.06.